The van der Waals surface area contributed by atoms with Crippen LogP contribution in [-0.2, 0) is 17.4 Å². The van der Waals surface area contributed by atoms with Crippen molar-refractivity contribution >= 4 is 16.9 Å². The maximum Gasteiger partial charge on any atom is 0.417 e. The van der Waals surface area contributed by atoms with Gasteiger partial charge in [0.05, 0.1) is 11.1 Å². The molecule has 114 valence electrons. The highest BCUT2D eigenvalue weighted by atomic mass is 19.4. The number of rotatable bonds is 3. The van der Waals surface area contributed by atoms with Crippen LogP contribution in [0.1, 0.15) is 16.7 Å². The number of aromatic nitrogens is 1. The van der Waals surface area contributed by atoms with E-state index in [1.54, 1.807) is 6.92 Å². The lowest BCUT2D eigenvalue weighted by atomic mass is 9.99. The molecular weight excluding hydrogens is 289 g/mol. The molecule has 0 spiro atoms. The fourth-order valence-electron chi connectivity index (χ4n) is 2.31. The molecule has 4 N–H and O–H groups in total. The number of aryl methyl sites for hydroxylation is 1. The van der Waals surface area contributed by atoms with Crippen molar-refractivity contribution in [1.82, 2.24) is 4.73 Å². The SMILES string of the molecule is Cc1ccc(C(F)(F)F)c2c(CC(N)C(=O)O)cn(O)c12. The van der Waals surface area contributed by atoms with E-state index in [4.69, 9.17) is 10.8 Å². The summed E-state index contributed by atoms with van der Waals surface area (Å²) in [5, 5.41) is 18.3. The Balaban J connectivity index is 2.72. The molecule has 1 heterocycles. The Labute approximate surface area is 117 Å². The van der Waals surface area contributed by atoms with Crippen LogP contribution in [0.5, 0.6) is 0 Å². The van der Waals surface area contributed by atoms with Gasteiger partial charge in [-0.2, -0.15) is 17.9 Å². The molecule has 8 heteroatoms. The molecule has 0 radical (unpaired) electrons. The zero-order valence-corrected chi connectivity index (χ0v) is 11.0. The largest absolute Gasteiger partial charge is 0.480 e. The summed E-state index contributed by atoms with van der Waals surface area (Å²) in [6, 6.07) is 0.809. The van der Waals surface area contributed by atoms with E-state index in [2.05, 4.69) is 0 Å². The average Bonchev–Trinajstić information content (AvgIpc) is 2.66. The smallest absolute Gasteiger partial charge is 0.417 e. The summed E-state index contributed by atoms with van der Waals surface area (Å²) in [5.74, 6) is -1.32. The zero-order valence-electron chi connectivity index (χ0n) is 11.0. The van der Waals surface area contributed by atoms with Crippen molar-refractivity contribution in [3.05, 3.63) is 35.0 Å². The van der Waals surface area contributed by atoms with E-state index in [0.717, 1.165) is 12.3 Å². The molecule has 0 saturated heterocycles. The lowest BCUT2D eigenvalue weighted by Crippen LogP contribution is -2.32. The predicted octanol–water partition coefficient (Wildman–Crippen LogP) is 2.16. The van der Waals surface area contributed by atoms with Crippen LogP contribution in [0.15, 0.2) is 18.3 Å². The normalized spacial score (nSPS) is 13.6. The number of nitrogens with zero attached hydrogens (tertiary/aromatic N) is 1. The van der Waals surface area contributed by atoms with E-state index >= 15 is 0 Å². The van der Waals surface area contributed by atoms with E-state index in [-0.39, 0.29) is 22.9 Å². The van der Waals surface area contributed by atoms with Crippen LogP contribution in [0.3, 0.4) is 0 Å². The van der Waals surface area contributed by atoms with Gasteiger partial charge in [-0.15, -0.1) is 0 Å². The first-order chi connectivity index (χ1) is 9.62. The number of carbonyl (C=O) groups is 1. The molecule has 1 unspecified atom stereocenters. The maximum atomic E-state index is 13.1. The number of fused-ring (bicyclic) bond motifs is 1. The molecule has 0 aliphatic rings. The summed E-state index contributed by atoms with van der Waals surface area (Å²) in [4.78, 5) is 10.8. The second-order valence-electron chi connectivity index (χ2n) is 4.80. The van der Waals surface area contributed by atoms with Crippen LogP contribution in [0.2, 0.25) is 0 Å². The first-order valence-electron chi connectivity index (χ1n) is 6.01. The van der Waals surface area contributed by atoms with Crippen molar-refractivity contribution < 1.29 is 28.3 Å². The number of aliphatic carboxylic acids is 1. The van der Waals surface area contributed by atoms with Gasteiger partial charge in [-0.1, -0.05) is 6.07 Å². The third-order valence-electron chi connectivity index (χ3n) is 3.27. The summed E-state index contributed by atoms with van der Waals surface area (Å²) in [6.07, 6.45) is -3.86. The van der Waals surface area contributed by atoms with Gasteiger partial charge < -0.3 is 16.0 Å². The van der Waals surface area contributed by atoms with Crippen molar-refractivity contribution in [2.45, 2.75) is 25.6 Å². The minimum absolute atomic E-state index is 0.00239. The number of halogens is 3. The second-order valence-corrected chi connectivity index (χ2v) is 4.80. The van der Waals surface area contributed by atoms with Gasteiger partial charge in [0.15, 0.2) is 0 Å². The van der Waals surface area contributed by atoms with Gasteiger partial charge in [-0.25, -0.2) is 0 Å². The number of hydrogen-bond donors (Lipinski definition) is 3. The zero-order chi connectivity index (χ0) is 15.9. The van der Waals surface area contributed by atoms with Gasteiger partial charge in [0.25, 0.3) is 0 Å². The van der Waals surface area contributed by atoms with Crippen LogP contribution in [0.4, 0.5) is 13.2 Å². The van der Waals surface area contributed by atoms with E-state index in [1.165, 1.54) is 6.07 Å². The van der Waals surface area contributed by atoms with Gasteiger partial charge in [0.2, 0.25) is 0 Å². The number of benzene rings is 1. The van der Waals surface area contributed by atoms with Crippen LogP contribution in [0, 0.1) is 6.92 Å². The van der Waals surface area contributed by atoms with Crippen molar-refractivity contribution in [2.75, 3.05) is 0 Å². The highest BCUT2D eigenvalue weighted by Gasteiger charge is 2.35. The van der Waals surface area contributed by atoms with E-state index in [9.17, 15) is 23.2 Å². The molecule has 1 aromatic heterocycles. The van der Waals surface area contributed by atoms with E-state index in [0.29, 0.717) is 10.3 Å². The Morgan fingerprint density at radius 2 is 2.05 bits per heavy atom. The summed E-state index contributed by atoms with van der Waals surface area (Å²) in [6.45, 7) is 1.55. The standard InChI is InChI=1S/C13H13F3N2O3/c1-6-2-3-8(13(14,15)16)10-7(4-9(17)12(19)20)5-18(21)11(6)10/h2-3,5,9,21H,4,17H2,1H3,(H,19,20). The molecule has 21 heavy (non-hydrogen) atoms. The van der Waals surface area contributed by atoms with Gasteiger partial charge in [-0.05, 0) is 24.1 Å². The number of alkyl halides is 3. The Hall–Kier alpha value is -2.22. The molecule has 1 atom stereocenters. The minimum Gasteiger partial charge on any atom is -0.480 e. The van der Waals surface area contributed by atoms with Crippen LogP contribution in [-0.4, -0.2) is 27.1 Å². The topological polar surface area (TPSA) is 88.5 Å². The fraction of sp³-hybridized carbons (Fsp3) is 0.308. The quantitative estimate of drug-likeness (QED) is 0.758. The number of carboxylic acids is 1. The molecule has 2 rings (SSSR count). The molecule has 0 amide bonds. The molecule has 0 fully saturated rings. The van der Waals surface area contributed by atoms with Gasteiger partial charge in [-0.3, -0.25) is 4.79 Å². The third-order valence-corrected chi connectivity index (χ3v) is 3.27. The van der Waals surface area contributed by atoms with Crippen LogP contribution in [0.25, 0.3) is 10.9 Å². The van der Waals surface area contributed by atoms with Crippen molar-refractivity contribution in [1.29, 1.82) is 0 Å². The monoisotopic (exact) mass is 302 g/mol. The van der Waals surface area contributed by atoms with Gasteiger partial charge in [0.1, 0.15) is 6.04 Å². The van der Waals surface area contributed by atoms with Crippen LogP contribution < -0.4 is 5.73 Å². The lowest BCUT2D eigenvalue weighted by molar-refractivity contribution is -0.138. The molecular formula is C13H13F3N2O3. The van der Waals surface area contributed by atoms with Gasteiger partial charge in [0, 0.05) is 18.0 Å². The molecule has 0 aliphatic carbocycles. The first kappa shape index (κ1) is 15.2. The van der Waals surface area contributed by atoms with Gasteiger partial charge >= 0.3 is 12.1 Å². The minimum atomic E-state index is -4.62. The Morgan fingerprint density at radius 3 is 2.57 bits per heavy atom. The molecule has 0 bridgehead atoms. The molecule has 5 nitrogen and oxygen atoms in total. The lowest BCUT2D eigenvalue weighted by Gasteiger charge is -2.12. The van der Waals surface area contributed by atoms with Crippen molar-refractivity contribution in [2.24, 2.45) is 5.73 Å². The Morgan fingerprint density at radius 1 is 1.43 bits per heavy atom. The fourth-order valence-corrected chi connectivity index (χ4v) is 2.31. The van der Waals surface area contributed by atoms with Crippen LogP contribution >= 0.6 is 0 Å². The second kappa shape index (κ2) is 4.96. The number of hydrogen-bond acceptors (Lipinski definition) is 3. The summed E-state index contributed by atoms with van der Waals surface area (Å²) < 4.78 is 39.9. The van der Waals surface area contributed by atoms with E-state index < -0.39 is 23.8 Å². The Kier molecular flexibility index (Phi) is 3.58. The van der Waals surface area contributed by atoms with E-state index in [1.807, 2.05) is 0 Å². The maximum absolute atomic E-state index is 13.1. The predicted molar refractivity (Wildman–Crippen MR) is 68.2 cm³/mol. The van der Waals surface area contributed by atoms with Crippen molar-refractivity contribution in [3.8, 4) is 0 Å². The number of carboxylic acid groups (broad SMARTS) is 1. The summed E-state index contributed by atoms with van der Waals surface area (Å²) in [7, 11) is 0. The molecule has 0 saturated carbocycles. The highest BCUT2D eigenvalue weighted by molar-refractivity contribution is 5.90. The molecule has 0 aliphatic heterocycles. The number of nitrogens with two attached hydrogens (primary N) is 1. The summed E-state index contributed by atoms with van der Waals surface area (Å²) >= 11 is 0. The average molecular weight is 302 g/mol. The highest BCUT2D eigenvalue weighted by Crippen LogP contribution is 2.38. The molecule has 1 aromatic carbocycles. The summed E-state index contributed by atoms with van der Waals surface area (Å²) in [5.41, 5.74) is 4.93. The van der Waals surface area contributed by atoms with Crippen molar-refractivity contribution in [3.63, 3.8) is 0 Å². The Bertz CT molecular complexity index is 707. The molecule has 2 aromatic rings. The first-order valence-corrected chi connectivity index (χ1v) is 6.01. The third kappa shape index (κ3) is 2.66.